The number of rotatable bonds is 9. The predicted octanol–water partition coefficient (Wildman–Crippen LogP) is 3.05. The van der Waals surface area contributed by atoms with Gasteiger partial charge < -0.3 is 9.64 Å². The van der Waals surface area contributed by atoms with Crippen LogP contribution in [0.4, 0.5) is 0 Å². The number of likely N-dealkylation sites (N-methyl/N-ethyl adjacent to an activating group) is 1. The highest BCUT2D eigenvalue weighted by molar-refractivity contribution is 7.89. The van der Waals surface area contributed by atoms with Gasteiger partial charge in [-0.3, -0.25) is 4.90 Å². The molecule has 0 unspecified atom stereocenters. The van der Waals surface area contributed by atoms with Crippen molar-refractivity contribution in [2.24, 2.45) is 5.92 Å². The molecule has 1 aliphatic heterocycles. The van der Waals surface area contributed by atoms with Crippen molar-refractivity contribution in [2.75, 3.05) is 46.4 Å². The first-order valence-corrected chi connectivity index (χ1v) is 12.4. The Morgan fingerprint density at radius 1 is 1.10 bits per heavy atom. The molecule has 0 bridgehead atoms. The molecule has 3 rings (SSSR count). The molecule has 160 valence electrons. The van der Waals surface area contributed by atoms with Crippen LogP contribution in [0.2, 0.25) is 0 Å². The average Bonchev–Trinajstić information content (AvgIpc) is 3.22. The molecule has 0 saturated carbocycles. The van der Waals surface area contributed by atoms with Gasteiger partial charge in [-0.15, -0.1) is 0 Å². The van der Waals surface area contributed by atoms with E-state index in [4.69, 9.17) is 4.74 Å². The van der Waals surface area contributed by atoms with Crippen LogP contribution in [-0.2, 0) is 10.0 Å². The summed E-state index contributed by atoms with van der Waals surface area (Å²) in [6, 6.07) is 8.77. The molecule has 2 aromatic rings. The predicted molar refractivity (Wildman–Crippen MR) is 118 cm³/mol. The number of piperazine rings is 1. The van der Waals surface area contributed by atoms with E-state index in [0.717, 1.165) is 26.2 Å². The maximum atomic E-state index is 12.8. The van der Waals surface area contributed by atoms with E-state index in [2.05, 4.69) is 46.9 Å². The molecule has 1 aromatic carbocycles. The summed E-state index contributed by atoms with van der Waals surface area (Å²) in [6.45, 7) is 8.96. The summed E-state index contributed by atoms with van der Waals surface area (Å²) in [4.78, 5) is 4.93. The minimum absolute atomic E-state index is 0.0402. The summed E-state index contributed by atoms with van der Waals surface area (Å²) in [5.41, 5.74) is 1.17. The van der Waals surface area contributed by atoms with Crippen molar-refractivity contribution < 1.29 is 13.2 Å². The van der Waals surface area contributed by atoms with Crippen LogP contribution < -0.4 is 9.46 Å². The molecule has 0 radical (unpaired) electrons. The van der Waals surface area contributed by atoms with Gasteiger partial charge >= 0.3 is 0 Å². The number of ether oxygens (including phenoxy) is 1. The molecule has 1 atom stereocenters. The standard InChI is InChI=1S/C21H31N3O3S2/c1-17(2)15-27-19-4-6-20(7-5-19)29(25,26)22-14-21(18-8-13-28-16-18)24-11-9-23(3)10-12-24/h4-8,13,16-17,21-22H,9-12,14-15H2,1-3H3/t21-/m0/s1. The molecule has 1 saturated heterocycles. The number of hydrogen-bond acceptors (Lipinski definition) is 6. The number of sulfonamides is 1. The number of thiophene rings is 1. The van der Waals surface area contributed by atoms with E-state index in [1.807, 2.05) is 5.38 Å². The SMILES string of the molecule is CC(C)COc1ccc(S(=O)(=O)NC[C@@H](c2ccsc2)N2CCN(C)CC2)cc1. The van der Waals surface area contributed by atoms with Crippen LogP contribution in [0, 0.1) is 5.92 Å². The van der Waals surface area contributed by atoms with E-state index in [0.29, 0.717) is 24.8 Å². The van der Waals surface area contributed by atoms with Gasteiger partial charge in [-0.2, -0.15) is 11.3 Å². The van der Waals surface area contributed by atoms with Gasteiger partial charge in [0.25, 0.3) is 0 Å². The normalized spacial score (nSPS) is 17.5. The number of hydrogen-bond donors (Lipinski definition) is 1. The van der Waals surface area contributed by atoms with Crippen LogP contribution >= 0.6 is 11.3 Å². The number of benzene rings is 1. The molecule has 1 aromatic heterocycles. The topological polar surface area (TPSA) is 61.9 Å². The largest absolute Gasteiger partial charge is 0.493 e. The fourth-order valence-electron chi connectivity index (χ4n) is 3.31. The molecule has 2 heterocycles. The Morgan fingerprint density at radius 2 is 1.79 bits per heavy atom. The van der Waals surface area contributed by atoms with Crippen molar-refractivity contribution in [3.05, 3.63) is 46.7 Å². The van der Waals surface area contributed by atoms with E-state index in [1.165, 1.54) is 5.56 Å². The van der Waals surface area contributed by atoms with Crippen molar-refractivity contribution in [1.29, 1.82) is 0 Å². The number of nitrogens with one attached hydrogen (secondary N) is 1. The zero-order valence-corrected chi connectivity index (χ0v) is 19.0. The van der Waals surface area contributed by atoms with Gasteiger partial charge in [0.15, 0.2) is 0 Å². The van der Waals surface area contributed by atoms with Gasteiger partial charge in [-0.05, 0) is 59.6 Å². The van der Waals surface area contributed by atoms with E-state index in [1.54, 1.807) is 35.6 Å². The van der Waals surface area contributed by atoms with Gasteiger partial charge in [-0.25, -0.2) is 13.1 Å². The fourth-order valence-corrected chi connectivity index (χ4v) is 5.05. The number of nitrogens with zero attached hydrogens (tertiary/aromatic N) is 2. The summed E-state index contributed by atoms with van der Waals surface area (Å²) in [5, 5.41) is 4.15. The van der Waals surface area contributed by atoms with Crippen LogP contribution in [0.5, 0.6) is 5.75 Å². The van der Waals surface area contributed by atoms with Crippen LogP contribution in [0.25, 0.3) is 0 Å². The van der Waals surface area contributed by atoms with Crippen LogP contribution in [0.1, 0.15) is 25.5 Å². The van der Waals surface area contributed by atoms with Gasteiger partial charge in [0.2, 0.25) is 10.0 Å². The molecule has 1 N–H and O–H groups in total. The molecule has 29 heavy (non-hydrogen) atoms. The highest BCUT2D eigenvalue weighted by atomic mass is 32.2. The highest BCUT2D eigenvalue weighted by Crippen LogP contribution is 2.24. The quantitative estimate of drug-likeness (QED) is 0.653. The summed E-state index contributed by atoms with van der Waals surface area (Å²) < 4.78 is 34.2. The molecule has 0 aliphatic carbocycles. The third-order valence-electron chi connectivity index (χ3n) is 5.09. The van der Waals surface area contributed by atoms with Crippen molar-refractivity contribution in [3.63, 3.8) is 0 Å². The zero-order valence-electron chi connectivity index (χ0n) is 17.4. The highest BCUT2D eigenvalue weighted by Gasteiger charge is 2.26. The maximum absolute atomic E-state index is 12.8. The lowest BCUT2D eigenvalue weighted by molar-refractivity contribution is 0.113. The second-order valence-corrected chi connectivity index (χ2v) is 10.5. The first-order valence-electron chi connectivity index (χ1n) is 10.0. The monoisotopic (exact) mass is 437 g/mol. The molecular weight excluding hydrogens is 406 g/mol. The Balaban J connectivity index is 1.66. The summed E-state index contributed by atoms with van der Waals surface area (Å²) >= 11 is 1.64. The molecule has 1 aliphatic rings. The van der Waals surface area contributed by atoms with Crippen molar-refractivity contribution >= 4 is 21.4 Å². The second kappa shape index (κ2) is 10.0. The average molecular weight is 438 g/mol. The Kier molecular flexibility index (Phi) is 7.70. The Morgan fingerprint density at radius 3 is 2.38 bits per heavy atom. The molecule has 6 nitrogen and oxygen atoms in total. The third-order valence-corrected chi connectivity index (χ3v) is 7.23. The van der Waals surface area contributed by atoms with E-state index in [-0.39, 0.29) is 10.9 Å². The minimum Gasteiger partial charge on any atom is -0.493 e. The third kappa shape index (κ3) is 6.26. The molecule has 0 amide bonds. The first-order chi connectivity index (χ1) is 13.8. The lowest BCUT2D eigenvalue weighted by Gasteiger charge is -2.37. The van der Waals surface area contributed by atoms with Crippen molar-refractivity contribution in [2.45, 2.75) is 24.8 Å². The Hall–Kier alpha value is -1.45. The van der Waals surface area contributed by atoms with E-state index < -0.39 is 10.0 Å². The van der Waals surface area contributed by atoms with Crippen LogP contribution in [-0.4, -0.2) is 64.6 Å². The lowest BCUT2D eigenvalue weighted by atomic mass is 10.1. The summed E-state index contributed by atoms with van der Waals surface area (Å²) in [6.07, 6.45) is 0. The molecule has 0 spiro atoms. The van der Waals surface area contributed by atoms with Crippen LogP contribution in [0.3, 0.4) is 0 Å². The lowest BCUT2D eigenvalue weighted by Crippen LogP contribution is -2.48. The molecular formula is C21H31N3O3S2. The Bertz CT molecular complexity index is 844. The van der Waals surface area contributed by atoms with Crippen LogP contribution in [0.15, 0.2) is 46.0 Å². The first kappa shape index (κ1) is 22.2. The summed E-state index contributed by atoms with van der Waals surface area (Å²) in [7, 11) is -1.46. The van der Waals surface area contributed by atoms with Crippen molar-refractivity contribution in [3.8, 4) is 5.75 Å². The smallest absolute Gasteiger partial charge is 0.240 e. The van der Waals surface area contributed by atoms with Gasteiger partial charge in [0, 0.05) is 38.8 Å². The fraction of sp³-hybridized carbons (Fsp3) is 0.524. The zero-order chi connectivity index (χ0) is 20.9. The second-order valence-electron chi connectivity index (χ2n) is 7.94. The van der Waals surface area contributed by atoms with E-state index >= 15 is 0 Å². The summed E-state index contributed by atoms with van der Waals surface area (Å²) in [5.74, 6) is 1.11. The molecule has 1 fully saturated rings. The van der Waals surface area contributed by atoms with Gasteiger partial charge in [0.05, 0.1) is 11.5 Å². The van der Waals surface area contributed by atoms with Gasteiger partial charge in [0.1, 0.15) is 5.75 Å². The Labute approximate surface area is 178 Å². The van der Waals surface area contributed by atoms with Gasteiger partial charge in [-0.1, -0.05) is 13.8 Å². The minimum atomic E-state index is -3.58. The van der Waals surface area contributed by atoms with E-state index in [9.17, 15) is 8.42 Å². The van der Waals surface area contributed by atoms with Crippen molar-refractivity contribution in [1.82, 2.24) is 14.5 Å². The molecule has 8 heteroatoms. The maximum Gasteiger partial charge on any atom is 0.240 e.